The van der Waals surface area contributed by atoms with Gasteiger partial charge in [-0.1, -0.05) is 5.21 Å². The number of benzene rings is 1. The number of carbonyl (C=O) groups is 2. The van der Waals surface area contributed by atoms with E-state index in [-0.39, 0.29) is 18.1 Å². The van der Waals surface area contributed by atoms with Crippen LogP contribution in [-0.4, -0.2) is 39.0 Å². The van der Waals surface area contributed by atoms with Gasteiger partial charge in [0.25, 0.3) is 5.91 Å². The van der Waals surface area contributed by atoms with Gasteiger partial charge in [0.2, 0.25) is 0 Å². The van der Waals surface area contributed by atoms with Gasteiger partial charge in [0.05, 0.1) is 11.1 Å². The molecule has 0 saturated heterocycles. The molecule has 7 heteroatoms. The largest absolute Gasteiger partial charge is 0.452 e. The highest BCUT2D eigenvalue weighted by Gasteiger charge is 2.16. The van der Waals surface area contributed by atoms with Gasteiger partial charge in [-0.05, 0) is 45.9 Å². The van der Waals surface area contributed by atoms with Crippen molar-refractivity contribution in [3.8, 4) is 0 Å². The number of fused-ring (bicyclic) bond motifs is 1. The summed E-state index contributed by atoms with van der Waals surface area (Å²) >= 11 is 0. The summed E-state index contributed by atoms with van der Waals surface area (Å²) in [5.41, 5.74) is 1.46. The number of nitrogens with zero attached hydrogens (tertiary/aromatic N) is 3. The Labute approximate surface area is 128 Å². The molecule has 0 unspecified atom stereocenters. The van der Waals surface area contributed by atoms with Crippen LogP contribution >= 0.6 is 0 Å². The molecule has 0 radical (unpaired) electrons. The molecule has 22 heavy (non-hydrogen) atoms. The summed E-state index contributed by atoms with van der Waals surface area (Å²) in [6.07, 6.45) is 0. The molecule has 0 aliphatic rings. The number of ether oxygens (including phenoxy) is 1. The van der Waals surface area contributed by atoms with E-state index in [0.29, 0.717) is 17.6 Å². The predicted molar refractivity (Wildman–Crippen MR) is 81.4 cm³/mol. The molecule has 2 aromatic rings. The van der Waals surface area contributed by atoms with Crippen LogP contribution < -0.4 is 5.32 Å². The highest BCUT2D eigenvalue weighted by atomic mass is 16.5. The van der Waals surface area contributed by atoms with Crippen LogP contribution in [0.5, 0.6) is 0 Å². The van der Waals surface area contributed by atoms with Crippen LogP contribution in [0.25, 0.3) is 11.0 Å². The molecule has 1 heterocycles. The Morgan fingerprint density at radius 3 is 2.68 bits per heavy atom. The summed E-state index contributed by atoms with van der Waals surface area (Å²) in [5.74, 6) is -0.893. The lowest BCUT2D eigenvalue weighted by Crippen LogP contribution is -2.42. The van der Waals surface area contributed by atoms with Crippen molar-refractivity contribution in [3.05, 3.63) is 23.8 Å². The van der Waals surface area contributed by atoms with Gasteiger partial charge >= 0.3 is 5.97 Å². The molecule has 0 atom stereocenters. The second-order valence-electron chi connectivity index (χ2n) is 5.98. The number of rotatable bonds is 4. The molecule has 1 aromatic carbocycles. The maximum atomic E-state index is 12.0. The number of carbonyl (C=O) groups excluding carboxylic acids is 2. The fraction of sp³-hybridized carbons (Fsp3) is 0.467. The van der Waals surface area contributed by atoms with Crippen LogP contribution in [-0.2, 0) is 16.1 Å². The van der Waals surface area contributed by atoms with E-state index in [1.807, 2.05) is 27.7 Å². The second-order valence-corrected chi connectivity index (χ2v) is 5.98. The monoisotopic (exact) mass is 304 g/mol. The summed E-state index contributed by atoms with van der Waals surface area (Å²) in [4.78, 5) is 23.6. The topological polar surface area (TPSA) is 86.1 Å². The Morgan fingerprint density at radius 2 is 2.05 bits per heavy atom. The van der Waals surface area contributed by atoms with Crippen molar-refractivity contribution in [2.75, 3.05) is 6.61 Å². The first kappa shape index (κ1) is 15.9. The first-order valence-corrected chi connectivity index (χ1v) is 7.11. The van der Waals surface area contributed by atoms with Crippen molar-refractivity contribution in [3.63, 3.8) is 0 Å². The number of aromatic nitrogens is 3. The third-order valence-electron chi connectivity index (χ3n) is 2.90. The smallest absolute Gasteiger partial charge is 0.338 e. The molecular formula is C15H20N4O3. The third kappa shape index (κ3) is 3.81. The predicted octanol–water partition coefficient (Wildman–Crippen LogP) is 1.52. The van der Waals surface area contributed by atoms with Crippen molar-refractivity contribution in [2.24, 2.45) is 0 Å². The zero-order chi connectivity index (χ0) is 16.3. The normalized spacial score (nSPS) is 11.5. The van der Waals surface area contributed by atoms with E-state index in [9.17, 15) is 9.59 Å². The number of aryl methyl sites for hydroxylation is 1. The summed E-state index contributed by atoms with van der Waals surface area (Å²) in [5, 5.41) is 10.7. The highest BCUT2D eigenvalue weighted by molar-refractivity contribution is 5.94. The van der Waals surface area contributed by atoms with Gasteiger partial charge < -0.3 is 10.1 Å². The van der Waals surface area contributed by atoms with Crippen molar-refractivity contribution < 1.29 is 14.3 Å². The van der Waals surface area contributed by atoms with E-state index in [1.54, 1.807) is 22.9 Å². The van der Waals surface area contributed by atoms with Gasteiger partial charge in [0.15, 0.2) is 6.61 Å². The Kier molecular flexibility index (Phi) is 4.44. The second kappa shape index (κ2) is 6.13. The number of nitrogens with one attached hydrogen (secondary N) is 1. The highest BCUT2D eigenvalue weighted by Crippen LogP contribution is 2.14. The molecular weight excluding hydrogens is 284 g/mol. The van der Waals surface area contributed by atoms with Gasteiger partial charge in [-0.2, -0.15) is 0 Å². The molecule has 118 valence electrons. The Hall–Kier alpha value is -2.44. The van der Waals surface area contributed by atoms with E-state index in [4.69, 9.17) is 4.74 Å². The van der Waals surface area contributed by atoms with Crippen molar-refractivity contribution in [2.45, 2.75) is 39.8 Å². The zero-order valence-electron chi connectivity index (χ0n) is 13.2. The third-order valence-corrected chi connectivity index (χ3v) is 2.90. The van der Waals surface area contributed by atoms with Crippen molar-refractivity contribution in [1.82, 2.24) is 20.3 Å². The fourth-order valence-corrected chi connectivity index (χ4v) is 2.00. The molecule has 1 amide bonds. The molecule has 0 aliphatic heterocycles. The molecule has 0 spiro atoms. The van der Waals surface area contributed by atoms with E-state index in [0.717, 1.165) is 5.52 Å². The molecule has 0 bridgehead atoms. The number of esters is 1. The SMILES string of the molecule is CCn1nnc2cc(C(=O)OCC(=O)NC(C)(C)C)ccc21. The molecule has 1 aromatic heterocycles. The molecule has 0 saturated carbocycles. The summed E-state index contributed by atoms with van der Waals surface area (Å²) in [7, 11) is 0. The molecule has 1 N–H and O–H groups in total. The first-order valence-electron chi connectivity index (χ1n) is 7.11. The minimum Gasteiger partial charge on any atom is -0.452 e. The molecule has 2 rings (SSSR count). The summed E-state index contributed by atoms with van der Waals surface area (Å²) in [6, 6.07) is 5.02. The molecule has 0 fully saturated rings. The van der Waals surface area contributed by atoms with Crippen LogP contribution in [0.3, 0.4) is 0 Å². The number of hydrogen-bond donors (Lipinski definition) is 1. The summed E-state index contributed by atoms with van der Waals surface area (Å²) < 4.78 is 6.75. The quantitative estimate of drug-likeness (QED) is 0.866. The van der Waals surface area contributed by atoms with E-state index in [1.165, 1.54) is 0 Å². The van der Waals surface area contributed by atoms with E-state index < -0.39 is 5.97 Å². The van der Waals surface area contributed by atoms with Gasteiger partial charge in [-0.15, -0.1) is 5.10 Å². The average Bonchev–Trinajstić information content (AvgIpc) is 2.85. The minimum atomic E-state index is -0.558. The Balaban J connectivity index is 2.02. The number of amides is 1. The van der Waals surface area contributed by atoms with Crippen molar-refractivity contribution in [1.29, 1.82) is 0 Å². The van der Waals surface area contributed by atoms with Crippen LogP contribution in [0, 0.1) is 0 Å². The van der Waals surface area contributed by atoms with Gasteiger partial charge in [0, 0.05) is 12.1 Å². The van der Waals surface area contributed by atoms with Crippen LogP contribution in [0.1, 0.15) is 38.1 Å². The van der Waals surface area contributed by atoms with E-state index in [2.05, 4.69) is 15.6 Å². The molecule has 7 nitrogen and oxygen atoms in total. The maximum Gasteiger partial charge on any atom is 0.338 e. The fourth-order valence-electron chi connectivity index (χ4n) is 2.00. The lowest BCUT2D eigenvalue weighted by atomic mass is 10.1. The first-order chi connectivity index (χ1) is 10.3. The summed E-state index contributed by atoms with van der Waals surface area (Å²) in [6.45, 7) is 7.93. The minimum absolute atomic E-state index is 0.310. The lowest BCUT2D eigenvalue weighted by molar-refractivity contribution is -0.125. The maximum absolute atomic E-state index is 12.0. The average molecular weight is 304 g/mol. The standard InChI is InChI=1S/C15H20N4O3/c1-5-19-12-7-6-10(8-11(12)17-18-19)14(21)22-9-13(20)16-15(2,3)4/h6-8H,5,9H2,1-4H3,(H,16,20). The van der Waals surface area contributed by atoms with Crippen LogP contribution in [0.4, 0.5) is 0 Å². The number of hydrogen-bond acceptors (Lipinski definition) is 5. The molecule has 0 aliphatic carbocycles. The Morgan fingerprint density at radius 1 is 1.32 bits per heavy atom. The van der Waals surface area contributed by atoms with Crippen LogP contribution in [0.2, 0.25) is 0 Å². The van der Waals surface area contributed by atoms with Gasteiger partial charge in [-0.25, -0.2) is 9.48 Å². The van der Waals surface area contributed by atoms with Crippen LogP contribution in [0.15, 0.2) is 18.2 Å². The van der Waals surface area contributed by atoms with E-state index >= 15 is 0 Å². The van der Waals surface area contributed by atoms with Crippen molar-refractivity contribution >= 4 is 22.9 Å². The van der Waals surface area contributed by atoms with Gasteiger partial charge in [-0.3, -0.25) is 4.79 Å². The van der Waals surface area contributed by atoms with Gasteiger partial charge in [0.1, 0.15) is 5.52 Å². The lowest BCUT2D eigenvalue weighted by Gasteiger charge is -2.20. The zero-order valence-corrected chi connectivity index (χ0v) is 13.2. The Bertz CT molecular complexity index is 700.